The lowest BCUT2D eigenvalue weighted by Crippen LogP contribution is -2.47. The summed E-state index contributed by atoms with van der Waals surface area (Å²) in [6.45, 7) is 3.59. The van der Waals surface area contributed by atoms with E-state index in [0.717, 1.165) is 5.56 Å². The summed E-state index contributed by atoms with van der Waals surface area (Å²) in [6, 6.07) is 10.2. The number of hydrogen-bond acceptors (Lipinski definition) is 4. The van der Waals surface area contributed by atoms with Crippen LogP contribution in [0.3, 0.4) is 0 Å². The number of benzene rings is 2. The first kappa shape index (κ1) is 19.4. The summed E-state index contributed by atoms with van der Waals surface area (Å²) in [4.78, 5) is 30.3. The molecule has 1 aliphatic carbocycles. The number of aromatic amines is 2. The van der Waals surface area contributed by atoms with Crippen LogP contribution in [-0.4, -0.2) is 29.0 Å². The highest BCUT2D eigenvalue weighted by Gasteiger charge is 2.53. The molecule has 0 spiro atoms. The van der Waals surface area contributed by atoms with Crippen LogP contribution in [0.2, 0.25) is 0 Å². The molecule has 0 bridgehead atoms. The van der Waals surface area contributed by atoms with Gasteiger partial charge in [0.2, 0.25) is 5.91 Å². The highest BCUT2D eigenvalue weighted by atomic mass is 32.2. The number of carbonyl (C=O) groups excluding carboxylic acids is 1. The van der Waals surface area contributed by atoms with Gasteiger partial charge in [0.15, 0.2) is 14.6 Å². The Labute approximate surface area is 168 Å². The molecule has 3 aromatic rings. The minimum atomic E-state index is -3.89. The molecule has 1 saturated carbocycles. The molecule has 0 radical (unpaired) electrons. The van der Waals surface area contributed by atoms with E-state index < -0.39 is 20.5 Å². The average Bonchev–Trinajstić information content (AvgIpc) is 3.30. The molecular weight excluding hydrogens is 390 g/mol. The maximum absolute atomic E-state index is 13.7. The van der Waals surface area contributed by atoms with Gasteiger partial charge in [-0.05, 0) is 62.1 Å². The number of carbonyl (C=O) groups is 1. The first-order valence-corrected chi connectivity index (χ1v) is 11.1. The van der Waals surface area contributed by atoms with Gasteiger partial charge in [-0.3, -0.25) is 4.79 Å². The molecule has 29 heavy (non-hydrogen) atoms. The number of amides is 1. The summed E-state index contributed by atoms with van der Waals surface area (Å²) in [5.74, 6) is -0.520. The predicted octanol–water partition coefficient (Wildman–Crippen LogP) is 3.20. The lowest BCUT2D eigenvalue weighted by molar-refractivity contribution is -0.118. The molecule has 8 heteroatoms. The minimum Gasteiger partial charge on any atom is -0.325 e. The van der Waals surface area contributed by atoms with E-state index in [0.29, 0.717) is 35.1 Å². The fourth-order valence-corrected chi connectivity index (χ4v) is 6.50. The molecule has 2 aromatic carbocycles. The summed E-state index contributed by atoms with van der Waals surface area (Å²) in [5.41, 5.74) is 2.75. The molecule has 3 N–H and O–H groups in total. The predicted molar refractivity (Wildman–Crippen MR) is 112 cm³/mol. The normalized spacial score (nSPS) is 16.2. The van der Waals surface area contributed by atoms with Gasteiger partial charge in [-0.15, -0.1) is 0 Å². The number of sulfone groups is 1. The van der Waals surface area contributed by atoms with Gasteiger partial charge in [0.05, 0.1) is 15.9 Å². The van der Waals surface area contributed by atoms with Gasteiger partial charge in [-0.2, -0.15) is 0 Å². The molecule has 1 heterocycles. The number of fused-ring (bicyclic) bond motifs is 1. The lowest BCUT2D eigenvalue weighted by atomic mass is 10.1. The molecule has 1 aliphatic rings. The van der Waals surface area contributed by atoms with E-state index in [1.54, 1.807) is 37.3 Å². The topological polar surface area (TPSA) is 112 Å². The third kappa shape index (κ3) is 3.17. The van der Waals surface area contributed by atoms with Crippen LogP contribution in [0.4, 0.5) is 5.69 Å². The molecule has 0 saturated heterocycles. The Morgan fingerprint density at radius 3 is 2.41 bits per heavy atom. The number of nitrogens with one attached hydrogen (secondary N) is 3. The molecule has 152 valence electrons. The van der Waals surface area contributed by atoms with E-state index in [1.165, 1.54) is 0 Å². The van der Waals surface area contributed by atoms with E-state index in [2.05, 4.69) is 15.3 Å². The minimum absolute atomic E-state index is 0.222. The van der Waals surface area contributed by atoms with Gasteiger partial charge in [0.25, 0.3) is 0 Å². The number of aromatic nitrogens is 2. The van der Waals surface area contributed by atoms with Crippen LogP contribution >= 0.6 is 0 Å². The summed E-state index contributed by atoms with van der Waals surface area (Å²) in [5, 5.41) is 2.78. The molecular formula is C21H23N3O4S. The zero-order chi connectivity index (χ0) is 20.8. The maximum Gasteiger partial charge on any atom is 0.323 e. The van der Waals surface area contributed by atoms with Gasteiger partial charge >= 0.3 is 5.69 Å². The van der Waals surface area contributed by atoms with Crippen molar-refractivity contribution in [3.63, 3.8) is 0 Å². The molecule has 4 rings (SSSR count). The number of imidazole rings is 1. The van der Waals surface area contributed by atoms with Crippen LogP contribution in [0.5, 0.6) is 0 Å². The largest absolute Gasteiger partial charge is 0.325 e. The standard InChI is InChI=1S/C21H23N3O4S/c1-13-5-6-14(2)18(11-13)29(27,28)21(9-3-4-10-21)19(25)22-15-7-8-16-17(12-15)24-20(26)23-16/h5-8,11-12H,3-4,9-10H2,1-2H3,(H,22,25)(H2,23,24,26). The summed E-state index contributed by atoms with van der Waals surface area (Å²) < 4.78 is 25.8. The van der Waals surface area contributed by atoms with E-state index >= 15 is 0 Å². The van der Waals surface area contributed by atoms with E-state index in [4.69, 9.17) is 0 Å². The van der Waals surface area contributed by atoms with Crippen molar-refractivity contribution in [2.75, 3.05) is 5.32 Å². The second kappa shape index (κ2) is 6.88. The monoisotopic (exact) mass is 413 g/mol. The van der Waals surface area contributed by atoms with Crippen LogP contribution in [0.15, 0.2) is 46.1 Å². The Morgan fingerprint density at radius 1 is 1.00 bits per heavy atom. The first-order valence-electron chi connectivity index (χ1n) is 9.58. The molecule has 1 aromatic heterocycles. The zero-order valence-corrected chi connectivity index (χ0v) is 17.2. The van der Waals surface area contributed by atoms with Crippen molar-refractivity contribution >= 4 is 32.5 Å². The van der Waals surface area contributed by atoms with Crippen LogP contribution in [0.25, 0.3) is 11.0 Å². The van der Waals surface area contributed by atoms with Crippen molar-refractivity contribution in [3.05, 3.63) is 58.0 Å². The van der Waals surface area contributed by atoms with Gasteiger partial charge in [0.1, 0.15) is 0 Å². The Morgan fingerprint density at radius 2 is 1.69 bits per heavy atom. The lowest BCUT2D eigenvalue weighted by Gasteiger charge is -2.28. The van der Waals surface area contributed by atoms with Crippen molar-refractivity contribution in [3.8, 4) is 0 Å². The number of rotatable bonds is 4. The molecule has 1 amide bonds. The summed E-state index contributed by atoms with van der Waals surface area (Å²) in [6.07, 6.45) is 1.94. The summed E-state index contributed by atoms with van der Waals surface area (Å²) >= 11 is 0. The fraction of sp³-hybridized carbons (Fsp3) is 0.333. The molecule has 1 fully saturated rings. The summed E-state index contributed by atoms with van der Waals surface area (Å²) in [7, 11) is -3.89. The van der Waals surface area contributed by atoms with Gasteiger partial charge in [-0.25, -0.2) is 13.2 Å². The Bertz CT molecular complexity index is 1260. The molecule has 0 atom stereocenters. The number of hydrogen-bond donors (Lipinski definition) is 3. The molecule has 7 nitrogen and oxygen atoms in total. The third-order valence-corrected chi connectivity index (χ3v) is 8.39. The SMILES string of the molecule is Cc1ccc(C)c(S(=O)(=O)C2(C(=O)Nc3ccc4[nH]c(=O)[nH]c4c3)CCCC2)c1. The highest BCUT2D eigenvalue weighted by Crippen LogP contribution is 2.42. The van der Waals surface area contributed by atoms with Crippen molar-refractivity contribution in [1.29, 1.82) is 0 Å². The van der Waals surface area contributed by atoms with Crippen LogP contribution in [-0.2, 0) is 14.6 Å². The second-order valence-electron chi connectivity index (χ2n) is 7.77. The first-order chi connectivity index (χ1) is 13.7. The van der Waals surface area contributed by atoms with Crippen LogP contribution in [0, 0.1) is 13.8 Å². The Hall–Kier alpha value is -2.87. The average molecular weight is 413 g/mol. The van der Waals surface area contributed by atoms with E-state index in [-0.39, 0.29) is 23.4 Å². The van der Waals surface area contributed by atoms with Crippen LogP contribution < -0.4 is 11.0 Å². The fourth-order valence-electron chi connectivity index (χ4n) is 4.13. The van der Waals surface area contributed by atoms with Gasteiger partial charge < -0.3 is 15.3 Å². The molecule has 0 unspecified atom stereocenters. The number of aryl methyl sites for hydroxylation is 2. The third-order valence-electron chi connectivity index (χ3n) is 5.75. The maximum atomic E-state index is 13.7. The molecule has 0 aliphatic heterocycles. The number of anilines is 1. The number of H-pyrrole nitrogens is 2. The van der Waals surface area contributed by atoms with E-state index in [9.17, 15) is 18.0 Å². The van der Waals surface area contributed by atoms with Crippen LogP contribution in [0.1, 0.15) is 36.8 Å². The van der Waals surface area contributed by atoms with E-state index in [1.807, 2.05) is 13.0 Å². The smallest absolute Gasteiger partial charge is 0.323 e. The second-order valence-corrected chi connectivity index (χ2v) is 10.00. The highest BCUT2D eigenvalue weighted by molar-refractivity contribution is 7.93. The van der Waals surface area contributed by atoms with Crippen molar-refractivity contribution in [1.82, 2.24) is 9.97 Å². The van der Waals surface area contributed by atoms with Gasteiger partial charge in [0, 0.05) is 5.69 Å². The Kier molecular flexibility index (Phi) is 4.61. The van der Waals surface area contributed by atoms with Crippen molar-refractivity contribution in [2.45, 2.75) is 49.2 Å². The van der Waals surface area contributed by atoms with Crippen molar-refractivity contribution in [2.24, 2.45) is 0 Å². The zero-order valence-electron chi connectivity index (χ0n) is 16.3. The Balaban J connectivity index is 1.74. The van der Waals surface area contributed by atoms with Gasteiger partial charge in [-0.1, -0.05) is 25.0 Å². The van der Waals surface area contributed by atoms with Crippen molar-refractivity contribution < 1.29 is 13.2 Å². The quantitative estimate of drug-likeness (QED) is 0.610.